The molecule has 0 aromatic heterocycles. The predicted molar refractivity (Wildman–Crippen MR) is 81.4 cm³/mol. The van der Waals surface area contributed by atoms with Crippen molar-refractivity contribution in [3.63, 3.8) is 0 Å². The van der Waals surface area contributed by atoms with Crippen LogP contribution in [0.25, 0.3) is 0 Å². The number of ether oxygens (including phenoxy) is 2. The van der Waals surface area contributed by atoms with Gasteiger partial charge < -0.3 is 9.47 Å². The SMILES string of the molecule is c1cc(OC2CCCCC2)ccc1OC1CCCCC1. The molecule has 2 heteroatoms. The second-order valence-corrected chi connectivity index (χ2v) is 6.23. The molecule has 0 heterocycles. The first-order chi connectivity index (χ1) is 9.90. The lowest BCUT2D eigenvalue weighted by atomic mass is 9.97. The van der Waals surface area contributed by atoms with Crippen LogP contribution >= 0.6 is 0 Å². The Balaban J connectivity index is 1.51. The first-order valence-corrected chi connectivity index (χ1v) is 8.33. The zero-order valence-corrected chi connectivity index (χ0v) is 12.4. The smallest absolute Gasteiger partial charge is 0.119 e. The van der Waals surface area contributed by atoms with Crippen LogP contribution in [0.15, 0.2) is 24.3 Å². The predicted octanol–water partition coefficient (Wildman–Crippen LogP) is 5.11. The molecular formula is C18H26O2. The van der Waals surface area contributed by atoms with Crippen molar-refractivity contribution in [3.8, 4) is 11.5 Å². The van der Waals surface area contributed by atoms with Gasteiger partial charge in [-0.1, -0.05) is 12.8 Å². The summed E-state index contributed by atoms with van der Waals surface area (Å²) in [6.45, 7) is 0. The van der Waals surface area contributed by atoms with E-state index >= 15 is 0 Å². The van der Waals surface area contributed by atoms with Crippen LogP contribution in [0, 0.1) is 0 Å². The van der Waals surface area contributed by atoms with Crippen LogP contribution in [0.4, 0.5) is 0 Å². The van der Waals surface area contributed by atoms with Crippen LogP contribution in [0.3, 0.4) is 0 Å². The Bertz CT molecular complexity index is 347. The lowest BCUT2D eigenvalue weighted by Gasteiger charge is -2.24. The molecule has 0 bridgehead atoms. The van der Waals surface area contributed by atoms with E-state index in [1.807, 2.05) is 0 Å². The fourth-order valence-corrected chi connectivity index (χ4v) is 3.35. The molecule has 0 aliphatic heterocycles. The summed E-state index contributed by atoms with van der Waals surface area (Å²) >= 11 is 0. The molecule has 2 nitrogen and oxygen atoms in total. The maximum atomic E-state index is 6.04. The minimum atomic E-state index is 0.425. The van der Waals surface area contributed by atoms with Crippen LogP contribution in [0.2, 0.25) is 0 Å². The summed E-state index contributed by atoms with van der Waals surface area (Å²) in [6.07, 6.45) is 13.7. The van der Waals surface area contributed by atoms with E-state index in [9.17, 15) is 0 Å². The van der Waals surface area contributed by atoms with Gasteiger partial charge in [0.05, 0.1) is 12.2 Å². The molecule has 0 saturated heterocycles. The van der Waals surface area contributed by atoms with Gasteiger partial charge in [0.15, 0.2) is 0 Å². The topological polar surface area (TPSA) is 18.5 Å². The third-order valence-electron chi connectivity index (χ3n) is 4.53. The molecule has 3 rings (SSSR count). The highest BCUT2D eigenvalue weighted by Crippen LogP contribution is 2.27. The maximum Gasteiger partial charge on any atom is 0.119 e. The molecule has 20 heavy (non-hydrogen) atoms. The maximum absolute atomic E-state index is 6.04. The summed E-state index contributed by atoms with van der Waals surface area (Å²) in [4.78, 5) is 0. The van der Waals surface area contributed by atoms with E-state index in [1.54, 1.807) is 0 Å². The average molecular weight is 274 g/mol. The zero-order valence-electron chi connectivity index (χ0n) is 12.4. The van der Waals surface area contributed by atoms with Crippen LogP contribution in [0.5, 0.6) is 11.5 Å². The minimum absolute atomic E-state index is 0.425. The highest BCUT2D eigenvalue weighted by molar-refractivity contribution is 5.31. The minimum Gasteiger partial charge on any atom is -0.490 e. The van der Waals surface area contributed by atoms with Gasteiger partial charge in [-0.15, -0.1) is 0 Å². The fraction of sp³-hybridized carbons (Fsp3) is 0.667. The van der Waals surface area contributed by atoms with Gasteiger partial charge in [0, 0.05) is 0 Å². The zero-order chi connectivity index (χ0) is 13.6. The van der Waals surface area contributed by atoms with E-state index < -0.39 is 0 Å². The summed E-state index contributed by atoms with van der Waals surface area (Å²) in [5.74, 6) is 1.99. The van der Waals surface area contributed by atoms with Crippen molar-refractivity contribution in [3.05, 3.63) is 24.3 Å². The Morgan fingerprint density at radius 1 is 0.550 bits per heavy atom. The Morgan fingerprint density at radius 2 is 0.900 bits per heavy atom. The summed E-state index contributed by atoms with van der Waals surface area (Å²) in [5, 5.41) is 0. The molecule has 2 saturated carbocycles. The quantitative estimate of drug-likeness (QED) is 0.759. The van der Waals surface area contributed by atoms with Crippen molar-refractivity contribution >= 4 is 0 Å². The lowest BCUT2D eigenvalue weighted by Crippen LogP contribution is -2.20. The van der Waals surface area contributed by atoms with Crippen molar-refractivity contribution in [2.75, 3.05) is 0 Å². The second kappa shape index (κ2) is 7.01. The molecule has 0 unspecified atom stereocenters. The van der Waals surface area contributed by atoms with E-state index in [2.05, 4.69) is 24.3 Å². The first kappa shape index (κ1) is 13.8. The molecule has 0 amide bonds. The lowest BCUT2D eigenvalue weighted by molar-refractivity contribution is 0.150. The first-order valence-electron chi connectivity index (χ1n) is 8.33. The van der Waals surface area contributed by atoms with Gasteiger partial charge in [-0.25, -0.2) is 0 Å². The van der Waals surface area contributed by atoms with Crippen LogP contribution in [-0.4, -0.2) is 12.2 Å². The van der Waals surface area contributed by atoms with Gasteiger partial charge in [0.1, 0.15) is 11.5 Å². The van der Waals surface area contributed by atoms with E-state index in [1.165, 1.54) is 64.2 Å². The molecule has 2 aliphatic carbocycles. The fourth-order valence-electron chi connectivity index (χ4n) is 3.35. The van der Waals surface area contributed by atoms with Gasteiger partial charge in [-0.2, -0.15) is 0 Å². The molecule has 1 aromatic carbocycles. The standard InChI is InChI=1S/C18H26O2/c1-3-7-15(8-4-1)19-17-11-13-18(14-12-17)20-16-9-5-2-6-10-16/h11-16H,1-10H2. The van der Waals surface area contributed by atoms with E-state index in [0.29, 0.717) is 12.2 Å². The van der Waals surface area contributed by atoms with Crippen molar-refractivity contribution in [2.45, 2.75) is 76.4 Å². The Hall–Kier alpha value is -1.18. The highest BCUT2D eigenvalue weighted by atomic mass is 16.5. The van der Waals surface area contributed by atoms with Crippen molar-refractivity contribution in [2.24, 2.45) is 0 Å². The number of rotatable bonds is 4. The number of hydrogen-bond acceptors (Lipinski definition) is 2. The summed E-state index contributed by atoms with van der Waals surface area (Å²) in [6, 6.07) is 8.25. The molecule has 1 aromatic rings. The monoisotopic (exact) mass is 274 g/mol. The van der Waals surface area contributed by atoms with Crippen molar-refractivity contribution in [1.29, 1.82) is 0 Å². The van der Waals surface area contributed by atoms with E-state index in [0.717, 1.165) is 11.5 Å². The molecule has 110 valence electrons. The van der Waals surface area contributed by atoms with E-state index in [-0.39, 0.29) is 0 Å². The van der Waals surface area contributed by atoms with Gasteiger partial charge in [0.25, 0.3) is 0 Å². The molecule has 2 aliphatic rings. The molecule has 0 atom stereocenters. The second-order valence-electron chi connectivity index (χ2n) is 6.23. The van der Waals surface area contributed by atoms with Gasteiger partial charge in [0.2, 0.25) is 0 Å². The number of benzene rings is 1. The largest absolute Gasteiger partial charge is 0.490 e. The molecule has 0 spiro atoms. The third-order valence-corrected chi connectivity index (χ3v) is 4.53. The van der Waals surface area contributed by atoms with Crippen LogP contribution in [-0.2, 0) is 0 Å². The summed E-state index contributed by atoms with van der Waals surface area (Å²) in [7, 11) is 0. The normalized spacial score (nSPS) is 21.6. The summed E-state index contributed by atoms with van der Waals surface area (Å²) in [5.41, 5.74) is 0. The molecular weight excluding hydrogens is 248 g/mol. The van der Waals surface area contributed by atoms with Crippen LogP contribution < -0.4 is 9.47 Å². The molecule has 0 N–H and O–H groups in total. The molecule has 2 fully saturated rings. The van der Waals surface area contributed by atoms with E-state index in [4.69, 9.17) is 9.47 Å². The number of hydrogen-bond donors (Lipinski definition) is 0. The summed E-state index contributed by atoms with van der Waals surface area (Å²) < 4.78 is 12.1. The third kappa shape index (κ3) is 3.91. The van der Waals surface area contributed by atoms with Crippen molar-refractivity contribution < 1.29 is 9.47 Å². The average Bonchev–Trinajstić information content (AvgIpc) is 2.51. The van der Waals surface area contributed by atoms with Gasteiger partial charge in [-0.3, -0.25) is 0 Å². The van der Waals surface area contributed by atoms with Crippen molar-refractivity contribution in [1.82, 2.24) is 0 Å². The molecule has 0 radical (unpaired) electrons. The Morgan fingerprint density at radius 3 is 1.25 bits per heavy atom. The van der Waals surface area contributed by atoms with Gasteiger partial charge in [-0.05, 0) is 75.6 Å². The van der Waals surface area contributed by atoms with Crippen LogP contribution in [0.1, 0.15) is 64.2 Å². The Labute approximate surface area is 122 Å². The Kier molecular flexibility index (Phi) is 4.83. The highest BCUT2D eigenvalue weighted by Gasteiger charge is 2.16. The van der Waals surface area contributed by atoms with Gasteiger partial charge >= 0.3 is 0 Å².